The summed E-state index contributed by atoms with van der Waals surface area (Å²) in [6, 6.07) is 2.39. The Kier molecular flexibility index (Phi) is 3.18. The number of rotatable bonds is 2. The van der Waals surface area contributed by atoms with Crippen LogP contribution in [0.1, 0.15) is 30.1 Å². The summed E-state index contributed by atoms with van der Waals surface area (Å²) in [6.07, 6.45) is 8.18. The van der Waals surface area contributed by atoms with Crippen molar-refractivity contribution in [3.8, 4) is 0 Å². The van der Waals surface area contributed by atoms with Gasteiger partial charge in [-0.15, -0.1) is 0 Å². The second-order valence-corrected chi connectivity index (χ2v) is 6.60. The molecule has 6 nitrogen and oxygen atoms in total. The van der Waals surface area contributed by atoms with E-state index in [1.165, 1.54) is 12.0 Å². The Labute approximate surface area is 136 Å². The molecule has 0 N–H and O–H groups in total. The van der Waals surface area contributed by atoms with E-state index in [-0.39, 0.29) is 0 Å². The van der Waals surface area contributed by atoms with Crippen molar-refractivity contribution in [2.45, 2.75) is 25.8 Å². The fourth-order valence-corrected chi connectivity index (χ4v) is 3.66. The Bertz CT molecular complexity index is 836. The van der Waals surface area contributed by atoms with Gasteiger partial charge in [-0.3, -0.25) is 4.68 Å². The fourth-order valence-electron chi connectivity index (χ4n) is 3.30. The molecule has 1 saturated heterocycles. The van der Waals surface area contributed by atoms with E-state index < -0.39 is 0 Å². The molecule has 0 amide bonds. The second-order valence-electron chi connectivity index (χ2n) is 5.74. The monoisotopic (exact) mass is 360 g/mol. The summed E-state index contributed by atoms with van der Waals surface area (Å²) in [6.45, 7) is 3.10. The molecule has 0 saturated carbocycles. The summed E-state index contributed by atoms with van der Waals surface area (Å²) in [4.78, 5) is 7.16. The van der Waals surface area contributed by atoms with Gasteiger partial charge in [0.1, 0.15) is 5.82 Å². The van der Waals surface area contributed by atoms with Crippen LogP contribution in [-0.2, 0) is 7.05 Å². The maximum atomic E-state index is 4.78. The van der Waals surface area contributed by atoms with Gasteiger partial charge < -0.3 is 4.90 Å². The highest BCUT2D eigenvalue weighted by molar-refractivity contribution is 9.10. The summed E-state index contributed by atoms with van der Waals surface area (Å²) in [7, 11) is 1.98. The molecule has 1 aliphatic rings. The third-order valence-electron chi connectivity index (χ3n) is 4.27. The first-order valence-corrected chi connectivity index (χ1v) is 8.19. The molecule has 7 heteroatoms. The Morgan fingerprint density at radius 2 is 2.23 bits per heavy atom. The normalized spacial score (nSPS) is 18.5. The minimum Gasteiger partial charge on any atom is -0.349 e. The lowest BCUT2D eigenvalue weighted by Gasteiger charge is -2.25. The maximum Gasteiger partial charge on any atom is 0.171 e. The van der Waals surface area contributed by atoms with Gasteiger partial charge in [0.2, 0.25) is 0 Å². The van der Waals surface area contributed by atoms with Gasteiger partial charge in [-0.2, -0.15) is 10.2 Å². The van der Waals surface area contributed by atoms with E-state index in [1.54, 1.807) is 10.7 Å². The SMILES string of the molecule is Cc1nn(C)cc1C1CCCN1c1ccn2ncc(Br)c2n1. The number of fused-ring (bicyclic) bond motifs is 1. The van der Waals surface area contributed by atoms with Crippen molar-refractivity contribution in [3.05, 3.63) is 40.4 Å². The molecule has 0 spiro atoms. The van der Waals surface area contributed by atoms with Gasteiger partial charge in [0.25, 0.3) is 0 Å². The third-order valence-corrected chi connectivity index (χ3v) is 4.83. The molecular formula is C15H17BrN6. The number of hydrogen-bond acceptors (Lipinski definition) is 4. The summed E-state index contributed by atoms with van der Waals surface area (Å²) in [5.74, 6) is 0.999. The molecule has 0 aliphatic carbocycles. The maximum absolute atomic E-state index is 4.78. The number of aryl methyl sites for hydroxylation is 2. The minimum absolute atomic E-state index is 0.352. The Balaban J connectivity index is 1.75. The van der Waals surface area contributed by atoms with Crippen molar-refractivity contribution in [1.82, 2.24) is 24.4 Å². The summed E-state index contributed by atoms with van der Waals surface area (Å²) in [5.41, 5.74) is 3.26. The standard InChI is InChI=1S/C15H17BrN6/c1-10-11(9-20(2)19-10)13-4-3-6-21(13)14-5-7-22-15(18-14)12(16)8-17-22/h5,7-9,13H,3-4,6H2,1-2H3. The first-order valence-electron chi connectivity index (χ1n) is 7.40. The van der Waals surface area contributed by atoms with Gasteiger partial charge in [0.05, 0.1) is 22.4 Å². The molecule has 1 aliphatic heterocycles. The topological polar surface area (TPSA) is 51.2 Å². The van der Waals surface area contributed by atoms with Crippen LogP contribution in [0.2, 0.25) is 0 Å². The lowest BCUT2D eigenvalue weighted by atomic mass is 10.1. The smallest absolute Gasteiger partial charge is 0.171 e. The highest BCUT2D eigenvalue weighted by Gasteiger charge is 2.29. The van der Waals surface area contributed by atoms with Crippen molar-refractivity contribution >= 4 is 27.4 Å². The number of nitrogens with zero attached hydrogens (tertiary/aromatic N) is 6. The Morgan fingerprint density at radius 1 is 1.36 bits per heavy atom. The van der Waals surface area contributed by atoms with E-state index in [9.17, 15) is 0 Å². The molecule has 4 heterocycles. The van der Waals surface area contributed by atoms with E-state index >= 15 is 0 Å². The average molecular weight is 361 g/mol. The fraction of sp³-hybridized carbons (Fsp3) is 0.400. The number of hydrogen-bond donors (Lipinski definition) is 0. The molecule has 4 rings (SSSR count). The van der Waals surface area contributed by atoms with Crippen LogP contribution in [-0.4, -0.2) is 30.9 Å². The van der Waals surface area contributed by atoms with E-state index in [0.717, 1.165) is 34.6 Å². The lowest BCUT2D eigenvalue weighted by molar-refractivity contribution is 0.704. The quantitative estimate of drug-likeness (QED) is 0.704. The van der Waals surface area contributed by atoms with Crippen LogP contribution < -0.4 is 4.90 Å². The predicted octanol–water partition coefficient (Wildman–Crippen LogP) is 2.88. The van der Waals surface area contributed by atoms with Crippen molar-refractivity contribution in [2.24, 2.45) is 7.05 Å². The van der Waals surface area contributed by atoms with Gasteiger partial charge in [-0.25, -0.2) is 9.50 Å². The van der Waals surface area contributed by atoms with Crippen LogP contribution in [0.5, 0.6) is 0 Å². The molecule has 3 aromatic rings. The highest BCUT2D eigenvalue weighted by atomic mass is 79.9. The Hall–Kier alpha value is -1.89. The molecule has 0 bridgehead atoms. The molecule has 22 heavy (non-hydrogen) atoms. The van der Waals surface area contributed by atoms with Crippen LogP contribution in [0.3, 0.4) is 0 Å². The van der Waals surface area contributed by atoms with Gasteiger partial charge >= 0.3 is 0 Å². The molecule has 0 aromatic carbocycles. The zero-order chi connectivity index (χ0) is 15.3. The molecule has 0 radical (unpaired) electrons. The highest BCUT2D eigenvalue weighted by Crippen LogP contribution is 2.36. The largest absolute Gasteiger partial charge is 0.349 e. The van der Waals surface area contributed by atoms with Gasteiger partial charge in [0, 0.05) is 31.5 Å². The van der Waals surface area contributed by atoms with Crippen LogP contribution in [0.25, 0.3) is 5.65 Å². The van der Waals surface area contributed by atoms with Crippen LogP contribution in [0.15, 0.2) is 29.1 Å². The minimum atomic E-state index is 0.352. The van der Waals surface area contributed by atoms with Gasteiger partial charge in [0.15, 0.2) is 5.65 Å². The Morgan fingerprint density at radius 3 is 3.00 bits per heavy atom. The van der Waals surface area contributed by atoms with E-state index in [1.807, 2.05) is 24.0 Å². The average Bonchev–Trinajstić information content (AvgIpc) is 3.18. The molecule has 1 atom stereocenters. The molecule has 3 aromatic heterocycles. The molecule has 114 valence electrons. The second kappa shape index (κ2) is 5.08. The molecular weight excluding hydrogens is 344 g/mol. The molecule has 1 fully saturated rings. The number of anilines is 1. The van der Waals surface area contributed by atoms with Gasteiger partial charge in [-0.05, 0) is 41.8 Å². The van der Waals surface area contributed by atoms with E-state index in [0.29, 0.717) is 6.04 Å². The van der Waals surface area contributed by atoms with Crippen LogP contribution in [0, 0.1) is 6.92 Å². The number of aromatic nitrogens is 5. The van der Waals surface area contributed by atoms with Crippen molar-refractivity contribution < 1.29 is 0 Å². The van der Waals surface area contributed by atoms with Gasteiger partial charge in [-0.1, -0.05) is 0 Å². The predicted molar refractivity (Wildman–Crippen MR) is 88.0 cm³/mol. The van der Waals surface area contributed by atoms with Crippen molar-refractivity contribution in [1.29, 1.82) is 0 Å². The number of halogens is 1. The lowest BCUT2D eigenvalue weighted by Crippen LogP contribution is -2.24. The summed E-state index contributed by atoms with van der Waals surface area (Å²) in [5, 5.41) is 8.74. The van der Waals surface area contributed by atoms with Crippen molar-refractivity contribution in [2.75, 3.05) is 11.4 Å². The third kappa shape index (κ3) is 2.11. The van der Waals surface area contributed by atoms with E-state index in [4.69, 9.17) is 4.98 Å². The van der Waals surface area contributed by atoms with E-state index in [2.05, 4.69) is 44.1 Å². The summed E-state index contributed by atoms with van der Waals surface area (Å²) >= 11 is 3.51. The van der Waals surface area contributed by atoms with Crippen molar-refractivity contribution in [3.63, 3.8) is 0 Å². The molecule has 1 unspecified atom stereocenters. The first kappa shape index (κ1) is 13.8. The van der Waals surface area contributed by atoms with Crippen LogP contribution >= 0.6 is 15.9 Å². The summed E-state index contributed by atoms with van der Waals surface area (Å²) < 4.78 is 4.60. The zero-order valence-corrected chi connectivity index (χ0v) is 14.2. The zero-order valence-electron chi connectivity index (χ0n) is 12.6. The first-order chi connectivity index (χ1) is 10.6. The van der Waals surface area contributed by atoms with Crippen LogP contribution in [0.4, 0.5) is 5.82 Å².